The highest BCUT2D eigenvalue weighted by molar-refractivity contribution is 6.33. The maximum Gasteiger partial charge on any atom is 0.292 e. The fraction of sp³-hybridized carbons (Fsp3) is 0.280. The lowest BCUT2D eigenvalue weighted by molar-refractivity contribution is 0.0647. The molecule has 0 spiro atoms. The van der Waals surface area contributed by atoms with Gasteiger partial charge in [-0.3, -0.25) is 24.2 Å². The molecule has 8 nitrogen and oxygen atoms in total. The highest BCUT2D eigenvalue weighted by Gasteiger charge is 2.34. The van der Waals surface area contributed by atoms with Crippen LogP contribution in [0.2, 0.25) is 5.02 Å². The number of halogens is 1. The molecule has 0 N–H and O–H groups in total. The molecular weight excluding hydrogens is 454 g/mol. The number of aromatic nitrogens is 2. The number of anilines is 1. The highest BCUT2D eigenvalue weighted by atomic mass is 35.5. The van der Waals surface area contributed by atoms with Gasteiger partial charge >= 0.3 is 0 Å². The van der Waals surface area contributed by atoms with Gasteiger partial charge in [-0.25, -0.2) is 0 Å². The van der Waals surface area contributed by atoms with Crippen molar-refractivity contribution in [3.05, 3.63) is 87.3 Å². The maximum atomic E-state index is 12.8. The van der Waals surface area contributed by atoms with Crippen molar-refractivity contribution in [3.63, 3.8) is 0 Å². The zero-order valence-corrected chi connectivity index (χ0v) is 19.3. The Morgan fingerprint density at radius 2 is 1.41 bits per heavy atom. The third kappa shape index (κ3) is 4.10. The van der Waals surface area contributed by atoms with Crippen LogP contribution in [0.4, 0.5) is 5.69 Å². The third-order valence-corrected chi connectivity index (χ3v) is 6.70. The average molecular weight is 478 g/mol. The van der Waals surface area contributed by atoms with Crippen molar-refractivity contribution in [3.8, 4) is 5.69 Å². The van der Waals surface area contributed by atoms with Gasteiger partial charge in [0.25, 0.3) is 17.4 Å². The quantitative estimate of drug-likeness (QED) is 0.508. The summed E-state index contributed by atoms with van der Waals surface area (Å²) in [6.45, 7) is 4.19. The fourth-order valence-electron chi connectivity index (χ4n) is 4.50. The number of benzene rings is 2. The molecule has 9 heteroatoms. The summed E-state index contributed by atoms with van der Waals surface area (Å²) >= 11 is 6.44. The Hall–Kier alpha value is -3.49. The molecule has 0 aliphatic carbocycles. The molecule has 5 rings (SSSR count). The van der Waals surface area contributed by atoms with Crippen LogP contribution in [0.25, 0.3) is 5.69 Å². The second-order valence-electron chi connectivity index (χ2n) is 8.39. The number of carbonyl (C=O) groups is 2. The number of piperazine rings is 1. The number of imide groups is 1. The topological polar surface area (TPSA) is 78.8 Å². The number of nitrogens with zero attached hydrogens (tertiary/aromatic N) is 5. The number of rotatable bonds is 6. The van der Waals surface area contributed by atoms with Crippen molar-refractivity contribution in [1.29, 1.82) is 0 Å². The normalized spacial score (nSPS) is 16.3. The van der Waals surface area contributed by atoms with E-state index < -0.39 is 0 Å². The second kappa shape index (κ2) is 9.40. The first-order valence-corrected chi connectivity index (χ1v) is 11.7. The van der Waals surface area contributed by atoms with Gasteiger partial charge < -0.3 is 4.90 Å². The Bertz CT molecular complexity index is 1250. The summed E-state index contributed by atoms with van der Waals surface area (Å²) in [5.74, 6) is -0.421. The van der Waals surface area contributed by atoms with E-state index >= 15 is 0 Å². The molecule has 2 aliphatic heterocycles. The van der Waals surface area contributed by atoms with Crippen LogP contribution in [-0.4, -0.2) is 70.7 Å². The number of hydrogen-bond acceptors (Lipinski definition) is 6. The van der Waals surface area contributed by atoms with Gasteiger partial charge in [-0.05, 0) is 37.2 Å². The van der Waals surface area contributed by atoms with Gasteiger partial charge in [0.1, 0.15) is 5.02 Å². The smallest absolute Gasteiger partial charge is 0.292 e. The zero-order valence-electron chi connectivity index (χ0n) is 18.6. The lowest BCUT2D eigenvalue weighted by atomic mass is 10.1. The Morgan fingerprint density at radius 3 is 2.06 bits per heavy atom. The predicted octanol–water partition coefficient (Wildman–Crippen LogP) is 2.69. The minimum atomic E-state index is -0.339. The van der Waals surface area contributed by atoms with Gasteiger partial charge in [0.2, 0.25) is 0 Å². The van der Waals surface area contributed by atoms with E-state index in [1.807, 2.05) is 30.3 Å². The van der Waals surface area contributed by atoms with E-state index in [9.17, 15) is 14.4 Å². The summed E-state index contributed by atoms with van der Waals surface area (Å²) in [5.41, 5.74) is 1.95. The Labute approximate surface area is 202 Å². The summed E-state index contributed by atoms with van der Waals surface area (Å²) in [6.07, 6.45) is 2.36. The van der Waals surface area contributed by atoms with Crippen molar-refractivity contribution in [2.24, 2.45) is 0 Å². The summed E-state index contributed by atoms with van der Waals surface area (Å²) in [6, 6.07) is 16.1. The molecule has 174 valence electrons. The van der Waals surface area contributed by atoms with Gasteiger partial charge in [-0.1, -0.05) is 41.9 Å². The molecule has 0 radical (unpaired) electrons. The monoisotopic (exact) mass is 477 g/mol. The molecule has 0 bridgehead atoms. The number of para-hydroxylation sites is 1. The van der Waals surface area contributed by atoms with E-state index in [0.717, 1.165) is 19.6 Å². The molecule has 0 atom stereocenters. The third-order valence-electron chi connectivity index (χ3n) is 6.35. The van der Waals surface area contributed by atoms with E-state index in [-0.39, 0.29) is 22.4 Å². The van der Waals surface area contributed by atoms with Gasteiger partial charge in [0, 0.05) is 32.7 Å². The minimum Gasteiger partial charge on any atom is -0.366 e. The molecule has 2 aromatic carbocycles. The predicted molar refractivity (Wildman–Crippen MR) is 130 cm³/mol. The van der Waals surface area contributed by atoms with Crippen molar-refractivity contribution in [1.82, 2.24) is 19.6 Å². The molecule has 3 heterocycles. The minimum absolute atomic E-state index is 0.165. The van der Waals surface area contributed by atoms with Crippen molar-refractivity contribution in [2.75, 3.05) is 44.2 Å². The van der Waals surface area contributed by atoms with Crippen LogP contribution in [0, 0.1) is 0 Å². The molecule has 34 heavy (non-hydrogen) atoms. The Kier molecular flexibility index (Phi) is 6.17. The van der Waals surface area contributed by atoms with Crippen molar-refractivity contribution >= 4 is 29.1 Å². The molecule has 1 fully saturated rings. The van der Waals surface area contributed by atoms with Gasteiger partial charge in [0.15, 0.2) is 0 Å². The SMILES string of the molecule is O=C1c2ccccc2C(=O)N1CCCN1CCN(c2cnn(-c3ccccc3)c(=O)c2Cl)CC1. The van der Waals surface area contributed by atoms with Crippen LogP contribution in [0.3, 0.4) is 0 Å². The van der Waals surface area contributed by atoms with E-state index in [1.54, 1.807) is 30.5 Å². The molecular formula is C25H24ClN5O3. The molecule has 0 unspecified atom stereocenters. The number of amides is 2. The fourth-order valence-corrected chi connectivity index (χ4v) is 4.75. The van der Waals surface area contributed by atoms with Crippen LogP contribution in [0.15, 0.2) is 65.6 Å². The Morgan fingerprint density at radius 1 is 0.794 bits per heavy atom. The van der Waals surface area contributed by atoms with Crippen LogP contribution in [0.1, 0.15) is 27.1 Å². The molecule has 1 aromatic heterocycles. The van der Waals surface area contributed by atoms with E-state index in [0.29, 0.717) is 48.6 Å². The summed E-state index contributed by atoms with van der Waals surface area (Å²) in [7, 11) is 0. The largest absolute Gasteiger partial charge is 0.366 e. The molecule has 2 amide bonds. The lowest BCUT2D eigenvalue weighted by Crippen LogP contribution is -2.47. The number of carbonyl (C=O) groups excluding carboxylic acids is 2. The van der Waals surface area contributed by atoms with Crippen molar-refractivity contribution < 1.29 is 9.59 Å². The maximum absolute atomic E-state index is 12.8. The van der Waals surface area contributed by atoms with Crippen LogP contribution in [0.5, 0.6) is 0 Å². The van der Waals surface area contributed by atoms with Crippen LogP contribution >= 0.6 is 11.6 Å². The van der Waals surface area contributed by atoms with Crippen molar-refractivity contribution in [2.45, 2.75) is 6.42 Å². The first-order chi connectivity index (χ1) is 16.5. The summed E-state index contributed by atoms with van der Waals surface area (Å²) in [4.78, 5) is 43.5. The summed E-state index contributed by atoms with van der Waals surface area (Å²) < 4.78 is 1.31. The first kappa shape index (κ1) is 22.3. The number of hydrogen-bond donors (Lipinski definition) is 0. The van der Waals surface area contributed by atoms with Gasteiger partial charge in [-0.15, -0.1) is 0 Å². The molecule has 0 saturated carbocycles. The van der Waals surface area contributed by atoms with Crippen LogP contribution in [-0.2, 0) is 0 Å². The van der Waals surface area contributed by atoms with E-state index in [2.05, 4.69) is 14.9 Å². The number of fused-ring (bicyclic) bond motifs is 1. The van der Waals surface area contributed by atoms with E-state index in [1.165, 1.54) is 9.58 Å². The summed E-state index contributed by atoms with van der Waals surface area (Å²) in [5, 5.41) is 4.49. The van der Waals surface area contributed by atoms with Gasteiger partial charge in [0.05, 0.1) is 28.7 Å². The van der Waals surface area contributed by atoms with Crippen LogP contribution < -0.4 is 10.5 Å². The van der Waals surface area contributed by atoms with E-state index in [4.69, 9.17) is 11.6 Å². The highest BCUT2D eigenvalue weighted by Crippen LogP contribution is 2.24. The lowest BCUT2D eigenvalue weighted by Gasteiger charge is -2.36. The molecule has 1 saturated heterocycles. The second-order valence-corrected chi connectivity index (χ2v) is 8.76. The zero-order chi connectivity index (χ0) is 23.7. The molecule has 3 aromatic rings. The molecule has 2 aliphatic rings. The van der Waals surface area contributed by atoms with Gasteiger partial charge in [-0.2, -0.15) is 9.78 Å². The average Bonchev–Trinajstić information content (AvgIpc) is 3.12. The first-order valence-electron chi connectivity index (χ1n) is 11.3. The Balaban J connectivity index is 1.15. The standard InChI is InChI=1S/C25H24ClN5O3/c26-22-21(17-27-31(25(22)34)18-7-2-1-3-8-18)29-15-13-28(14-16-29)11-6-12-30-23(32)19-9-4-5-10-20(19)24(30)33/h1-5,7-10,17H,6,11-16H2.